The summed E-state index contributed by atoms with van der Waals surface area (Å²) in [6, 6.07) is 26.0. The molecule has 9 nitrogen and oxygen atoms in total. The fourth-order valence-corrected chi connectivity index (χ4v) is 6.23. The molecule has 294 valence electrons. The van der Waals surface area contributed by atoms with Crippen molar-refractivity contribution in [2.45, 2.75) is 90.1 Å². The number of benzene rings is 3. The third kappa shape index (κ3) is 10.8. The Balaban J connectivity index is 0. The number of rotatable bonds is 9. The van der Waals surface area contributed by atoms with Crippen LogP contribution in [-0.2, 0) is 27.4 Å². The van der Waals surface area contributed by atoms with E-state index in [2.05, 4.69) is 0 Å². The highest BCUT2D eigenvalue weighted by Crippen LogP contribution is 2.56. The minimum Gasteiger partial charge on any atom is -0.489 e. The number of alkyl halides is 3. The van der Waals surface area contributed by atoms with Crippen LogP contribution in [0.1, 0.15) is 76.0 Å². The number of ether oxygens (including phenoxy) is 1. The molecule has 6 rings (SSSR count). The van der Waals surface area contributed by atoms with Gasteiger partial charge in [-0.2, -0.15) is 13.2 Å². The first-order chi connectivity index (χ1) is 22.1. The van der Waals surface area contributed by atoms with Crippen molar-refractivity contribution in [2.24, 2.45) is 11.3 Å². The molecule has 3 amide bonds. The molecule has 1 saturated carbocycles. The number of likely N-dealkylation sites (tertiary alicyclic amines) is 1. The van der Waals surface area contributed by atoms with E-state index in [1.807, 2.05) is 66.0 Å². The highest BCUT2D eigenvalue weighted by Gasteiger charge is 2.64. The van der Waals surface area contributed by atoms with E-state index in [1.54, 1.807) is 29.7 Å². The van der Waals surface area contributed by atoms with Gasteiger partial charge < -0.3 is 15.0 Å². The molecule has 3 aromatic carbocycles. The molecule has 2 fully saturated rings. The number of hydroxylamine groups is 1. The first-order valence-electron chi connectivity index (χ1n) is 14.8. The van der Waals surface area contributed by atoms with Crippen LogP contribution < -0.4 is 15.5 Å². The Labute approximate surface area is 313 Å². The summed E-state index contributed by atoms with van der Waals surface area (Å²) in [5, 5.41) is 12.1. The number of fused-ring (bicyclic) bond motifs is 1. The van der Waals surface area contributed by atoms with E-state index in [4.69, 9.17) is 9.72 Å². The molecular formula is C41H59F3N4O5. The van der Waals surface area contributed by atoms with Crippen molar-refractivity contribution in [3.63, 3.8) is 0 Å². The minimum atomic E-state index is -5.02. The summed E-state index contributed by atoms with van der Waals surface area (Å²) in [4.78, 5) is 43.6. The van der Waals surface area contributed by atoms with Crippen LogP contribution in [0.2, 0.25) is 0 Å². The van der Waals surface area contributed by atoms with Gasteiger partial charge in [0.05, 0.1) is 22.5 Å². The molecule has 2 aliphatic rings. The number of carbonyl (C=O) groups excluding carboxylic acids is 3. The highest BCUT2D eigenvalue weighted by molar-refractivity contribution is 5.96. The van der Waals surface area contributed by atoms with Gasteiger partial charge >= 0.3 is 12.1 Å². The van der Waals surface area contributed by atoms with Gasteiger partial charge in [0.2, 0.25) is 11.8 Å². The molecular weight excluding hydrogens is 685 g/mol. The first-order valence-corrected chi connectivity index (χ1v) is 14.8. The quantitative estimate of drug-likeness (QED) is 0.116. The molecule has 1 saturated heterocycles. The van der Waals surface area contributed by atoms with Gasteiger partial charge in [-0.15, -0.1) is 0 Å². The van der Waals surface area contributed by atoms with Crippen molar-refractivity contribution in [3.8, 4) is 17.0 Å². The lowest BCUT2D eigenvalue weighted by atomic mass is 9.92. The zero-order valence-electron chi connectivity index (χ0n) is 24.6. The van der Waals surface area contributed by atoms with Crippen LogP contribution in [0.3, 0.4) is 0 Å². The van der Waals surface area contributed by atoms with E-state index in [-0.39, 0.29) is 90.9 Å². The van der Waals surface area contributed by atoms with Crippen LogP contribution in [0.5, 0.6) is 5.75 Å². The molecule has 12 heteroatoms. The molecule has 1 aromatic heterocycles. The van der Waals surface area contributed by atoms with Crippen molar-refractivity contribution in [3.05, 3.63) is 96.1 Å². The molecule has 2 heterocycles. The highest BCUT2D eigenvalue weighted by atomic mass is 19.4. The van der Waals surface area contributed by atoms with E-state index < -0.39 is 41.3 Å². The second-order valence-electron chi connectivity index (χ2n) is 11.8. The second-order valence-corrected chi connectivity index (χ2v) is 11.8. The fourth-order valence-electron chi connectivity index (χ4n) is 6.23. The van der Waals surface area contributed by atoms with Gasteiger partial charge in [0.1, 0.15) is 12.4 Å². The van der Waals surface area contributed by atoms with Crippen molar-refractivity contribution >= 4 is 28.6 Å². The molecule has 0 unspecified atom stereocenters. The maximum atomic E-state index is 13.7. The Kier molecular flexibility index (Phi) is 19.2. The minimum absolute atomic E-state index is 0. The largest absolute Gasteiger partial charge is 0.489 e. The number of hydrogen-bond acceptors (Lipinski definition) is 6. The third-order valence-corrected chi connectivity index (χ3v) is 8.70. The number of carbonyl (C=O) groups is 3. The Bertz CT molecular complexity index is 1770. The van der Waals surface area contributed by atoms with Gasteiger partial charge in [0.15, 0.2) is 0 Å². The van der Waals surface area contributed by atoms with E-state index in [0.717, 1.165) is 33.3 Å². The Morgan fingerprint density at radius 2 is 1.51 bits per heavy atom. The van der Waals surface area contributed by atoms with Gasteiger partial charge in [0.25, 0.3) is 0 Å². The second kappa shape index (κ2) is 20.3. The predicted octanol–water partition coefficient (Wildman–Crippen LogP) is 9.27. The average molecular weight is 745 g/mol. The maximum Gasteiger partial charge on any atom is 0.471 e. The molecule has 0 spiro atoms. The molecule has 3 N–H and O–H groups in total. The summed E-state index contributed by atoms with van der Waals surface area (Å²) in [7, 11) is 0. The zero-order valence-corrected chi connectivity index (χ0v) is 24.6. The van der Waals surface area contributed by atoms with Gasteiger partial charge in [-0.3, -0.25) is 19.6 Å². The SMILES string of the molecule is C.C.C.C.C.C.C.O=C(NO)[C@H]1C[C@]1(Cc1ccc(OCc2cc(-c3ccccc3)nc3ccccc23)cc1)C(=O)N1CC[C@H](NC(=O)C(F)(F)F)C1. The average Bonchev–Trinajstić information content (AvgIpc) is 3.61. The number of nitrogens with zero attached hydrogens (tertiary/aromatic N) is 2. The van der Waals surface area contributed by atoms with Gasteiger partial charge in [0, 0.05) is 35.6 Å². The standard InChI is InChI=1S/C34H31F3N4O5.7CH4/c35-34(36,37)31(43)38-24-14-15-41(19-24)32(44)33(18-27(33)30(42)40-45)17-21-10-12-25(13-11-21)46-20-23-16-29(22-6-2-1-3-7-22)39-28-9-5-4-8-26(23)28;;;;;;;/h1-13,16,24,27,45H,14-15,17-20H2,(H,38,43)(H,40,42);7*1H4/t24-,27+,33-;;;;;;;/m0......./s1. The number of hydrogen-bond donors (Lipinski definition) is 3. The van der Waals surface area contributed by atoms with Gasteiger partial charge in [-0.05, 0) is 49.1 Å². The summed E-state index contributed by atoms with van der Waals surface area (Å²) in [5.74, 6) is -3.36. The van der Waals surface area contributed by atoms with Gasteiger partial charge in [-0.1, -0.05) is 113 Å². The lowest BCUT2D eigenvalue weighted by molar-refractivity contribution is -0.174. The topological polar surface area (TPSA) is 121 Å². The summed E-state index contributed by atoms with van der Waals surface area (Å²) in [6.07, 6.45) is -4.51. The van der Waals surface area contributed by atoms with Crippen molar-refractivity contribution in [1.82, 2.24) is 20.7 Å². The van der Waals surface area contributed by atoms with Crippen LogP contribution in [0, 0.1) is 11.3 Å². The molecule has 53 heavy (non-hydrogen) atoms. The maximum absolute atomic E-state index is 13.7. The number of pyridine rings is 1. The number of amides is 3. The van der Waals surface area contributed by atoms with Crippen molar-refractivity contribution < 1.29 is 37.5 Å². The number of aromatic nitrogens is 1. The monoisotopic (exact) mass is 744 g/mol. The number of nitrogens with one attached hydrogen (secondary N) is 2. The van der Waals surface area contributed by atoms with Crippen LogP contribution in [0.15, 0.2) is 84.9 Å². The van der Waals surface area contributed by atoms with E-state index in [1.165, 1.54) is 4.90 Å². The smallest absolute Gasteiger partial charge is 0.471 e. The van der Waals surface area contributed by atoms with E-state index in [0.29, 0.717) is 5.75 Å². The Morgan fingerprint density at radius 1 is 0.887 bits per heavy atom. The molecule has 3 atom stereocenters. The summed E-state index contributed by atoms with van der Waals surface area (Å²) in [6.45, 7) is 0.321. The van der Waals surface area contributed by atoms with Crippen LogP contribution >= 0.6 is 0 Å². The van der Waals surface area contributed by atoms with E-state index >= 15 is 0 Å². The molecule has 0 bridgehead atoms. The zero-order chi connectivity index (χ0) is 32.5. The lowest BCUT2D eigenvalue weighted by Gasteiger charge is -2.25. The third-order valence-electron chi connectivity index (χ3n) is 8.70. The predicted molar refractivity (Wildman–Crippen MR) is 208 cm³/mol. The molecule has 4 aromatic rings. The van der Waals surface area contributed by atoms with Crippen molar-refractivity contribution in [2.75, 3.05) is 13.1 Å². The van der Waals surface area contributed by atoms with Gasteiger partial charge in [-0.25, -0.2) is 10.5 Å². The molecule has 1 aliphatic heterocycles. The Hall–Kier alpha value is -4.97. The fraction of sp³-hybridized carbons (Fsp3) is 0.415. The normalized spacial score (nSPS) is 18.0. The molecule has 1 aliphatic carbocycles. The summed E-state index contributed by atoms with van der Waals surface area (Å²) in [5.41, 5.74) is 4.84. The van der Waals surface area contributed by atoms with E-state index in [9.17, 15) is 32.8 Å². The summed E-state index contributed by atoms with van der Waals surface area (Å²) < 4.78 is 44.3. The van der Waals surface area contributed by atoms with Crippen LogP contribution in [0.4, 0.5) is 13.2 Å². The number of halogens is 3. The van der Waals surface area contributed by atoms with Crippen LogP contribution in [-0.4, -0.2) is 58.1 Å². The van der Waals surface area contributed by atoms with Crippen LogP contribution in [0.25, 0.3) is 22.2 Å². The lowest BCUT2D eigenvalue weighted by Crippen LogP contribution is -2.46. The number of para-hydroxylation sites is 1. The molecule has 0 radical (unpaired) electrons. The Morgan fingerprint density at radius 3 is 2.13 bits per heavy atom. The summed E-state index contributed by atoms with van der Waals surface area (Å²) >= 11 is 0. The van der Waals surface area contributed by atoms with Crippen molar-refractivity contribution in [1.29, 1.82) is 0 Å². The first kappa shape index (κ1) is 50.1.